The summed E-state index contributed by atoms with van der Waals surface area (Å²) in [5, 5.41) is 2.18. The molecular formula is C13H16N2O6. The lowest BCUT2D eigenvalue weighted by Gasteiger charge is -2.10. The highest BCUT2D eigenvalue weighted by Crippen LogP contribution is 2.25. The fourth-order valence-electron chi connectivity index (χ4n) is 1.30. The van der Waals surface area contributed by atoms with Crippen LogP contribution in [-0.2, 0) is 19.1 Å². The number of hydrogen-bond donors (Lipinski definition) is 2. The number of methoxy groups -OCH3 is 1. The third-order valence-corrected chi connectivity index (χ3v) is 2.24. The van der Waals surface area contributed by atoms with Crippen molar-refractivity contribution in [1.82, 2.24) is 5.32 Å². The maximum Gasteiger partial charge on any atom is 0.344 e. The van der Waals surface area contributed by atoms with E-state index in [-0.39, 0.29) is 13.2 Å². The number of amides is 2. The molecule has 0 saturated heterocycles. The third kappa shape index (κ3) is 6.28. The van der Waals surface area contributed by atoms with Crippen LogP contribution in [0.3, 0.4) is 0 Å². The van der Waals surface area contributed by atoms with E-state index in [0.29, 0.717) is 11.5 Å². The summed E-state index contributed by atoms with van der Waals surface area (Å²) in [6.07, 6.45) is 0. The second kappa shape index (κ2) is 8.41. The molecule has 0 aliphatic rings. The standard InChI is InChI=1S/C13H16N2O6/c1-19-9-4-2-3-5-10(9)20-8-13(18)21-7-12(17)15-6-11(14)16/h2-5H,6-8H2,1H3,(H2,14,16)(H,15,17). The van der Waals surface area contributed by atoms with Crippen LogP contribution in [0, 0.1) is 0 Å². The summed E-state index contributed by atoms with van der Waals surface area (Å²) in [7, 11) is 1.48. The molecule has 0 atom stereocenters. The van der Waals surface area contributed by atoms with Crippen LogP contribution < -0.4 is 20.5 Å². The molecule has 0 aromatic heterocycles. The average molecular weight is 296 g/mol. The quantitative estimate of drug-likeness (QED) is 0.608. The topological polar surface area (TPSA) is 117 Å². The number of carbonyl (C=O) groups excluding carboxylic acids is 3. The van der Waals surface area contributed by atoms with Crippen LogP contribution in [0.15, 0.2) is 24.3 Å². The Bertz CT molecular complexity index is 517. The van der Waals surface area contributed by atoms with Gasteiger partial charge in [-0.15, -0.1) is 0 Å². The van der Waals surface area contributed by atoms with Crippen LogP contribution >= 0.6 is 0 Å². The van der Waals surface area contributed by atoms with Gasteiger partial charge in [0.15, 0.2) is 24.7 Å². The van der Waals surface area contributed by atoms with Gasteiger partial charge in [-0.3, -0.25) is 9.59 Å². The van der Waals surface area contributed by atoms with E-state index in [1.54, 1.807) is 24.3 Å². The van der Waals surface area contributed by atoms with Crippen molar-refractivity contribution in [2.75, 3.05) is 26.9 Å². The second-order valence-corrected chi connectivity index (χ2v) is 3.84. The van der Waals surface area contributed by atoms with Crippen molar-refractivity contribution in [2.45, 2.75) is 0 Å². The predicted molar refractivity (Wildman–Crippen MR) is 71.7 cm³/mol. The van der Waals surface area contributed by atoms with Crippen molar-refractivity contribution in [3.05, 3.63) is 24.3 Å². The molecule has 0 bridgehead atoms. The zero-order valence-electron chi connectivity index (χ0n) is 11.5. The molecule has 1 aromatic rings. The molecule has 0 fully saturated rings. The molecule has 0 radical (unpaired) electrons. The van der Waals surface area contributed by atoms with E-state index in [9.17, 15) is 14.4 Å². The van der Waals surface area contributed by atoms with Crippen molar-refractivity contribution < 1.29 is 28.6 Å². The Kier molecular flexibility index (Phi) is 6.52. The summed E-state index contributed by atoms with van der Waals surface area (Å²) in [6.45, 7) is -1.20. The molecular weight excluding hydrogens is 280 g/mol. The van der Waals surface area contributed by atoms with Gasteiger partial charge in [-0.1, -0.05) is 12.1 Å². The van der Waals surface area contributed by atoms with E-state index in [0.717, 1.165) is 0 Å². The summed E-state index contributed by atoms with van der Waals surface area (Å²) in [5.41, 5.74) is 4.84. The fraction of sp³-hybridized carbons (Fsp3) is 0.308. The van der Waals surface area contributed by atoms with Gasteiger partial charge in [0.2, 0.25) is 5.91 Å². The molecule has 21 heavy (non-hydrogen) atoms. The van der Waals surface area contributed by atoms with E-state index >= 15 is 0 Å². The normalized spacial score (nSPS) is 9.57. The van der Waals surface area contributed by atoms with E-state index in [1.165, 1.54) is 7.11 Å². The molecule has 2 amide bonds. The lowest BCUT2D eigenvalue weighted by Crippen LogP contribution is -2.36. The highest BCUT2D eigenvalue weighted by atomic mass is 16.6. The number of carbonyl (C=O) groups is 3. The van der Waals surface area contributed by atoms with Gasteiger partial charge >= 0.3 is 5.97 Å². The summed E-state index contributed by atoms with van der Waals surface area (Å²) < 4.78 is 14.9. The van der Waals surface area contributed by atoms with Gasteiger partial charge < -0.3 is 25.3 Å². The Morgan fingerprint density at radius 1 is 1.14 bits per heavy atom. The number of nitrogens with one attached hydrogen (secondary N) is 1. The lowest BCUT2D eigenvalue weighted by atomic mass is 10.3. The van der Waals surface area contributed by atoms with Gasteiger partial charge in [0.1, 0.15) is 0 Å². The number of ether oxygens (including phenoxy) is 3. The summed E-state index contributed by atoms with van der Waals surface area (Å²) in [4.78, 5) is 33.0. The van der Waals surface area contributed by atoms with Crippen LogP contribution in [-0.4, -0.2) is 44.7 Å². The summed E-state index contributed by atoms with van der Waals surface area (Å²) >= 11 is 0. The number of benzene rings is 1. The molecule has 114 valence electrons. The highest BCUT2D eigenvalue weighted by molar-refractivity contribution is 5.85. The predicted octanol–water partition coefficient (Wildman–Crippen LogP) is -0.781. The minimum atomic E-state index is -0.727. The Hall–Kier alpha value is -2.77. The largest absolute Gasteiger partial charge is 0.493 e. The minimum Gasteiger partial charge on any atom is -0.493 e. The monoisotopic (exact) mass is 296 g/mol. The first-order chi connectivity index (χ1) is 10.0. The first-order valence-electron chi connectivity index (χ1n) is 5.99. The van der Waals surface area contributed by atoms with Crippen molar-refractivity contribution >= 4 is 17.8 Å². The van der Waals surface area contributed by atoms with Crippen LogP contribution in [0.4, 0.5) is 0 Å². The van der Waals surface area contributed by atoms with Gasteiger partial charge in [-0.2, -0.15) is 0 Å². The summed E-state index contributed by atoms with van der Waals surface area (Å²) in [6, 6.07) is 6.79. The van der Waals surface area contributed by atoms with Crippen molar-refractivity contribution in [1.29, 1.82) is 0 Å². The van der Waals surface area contributed by atoms with Crippen LogP contribution in [0.1, 0.15) is 0 Å². The average Bonchev–Trinajstić information content (AvgIpc) is 2.49. The molecule has 0 unspecified atom stereocenters. The smallest absolute Gasteiger partial charge is 0.344 e. The molecule has 1 aromatic carbocycles. The van der Waals surface area contributed by atoms with Gasteiger partial charge in [0.05, 0.1) is 13.7 Å². The molecule has 0 heterocycles. The Morgan fingerprint density at radius 2 is 1.81 bits per heavy atom. The van der Waals surface area contributed by atoms with Crippen LogP contribution in [0.5, 0.6) is 11.5 Å². The maximum absolute atomic E-state index is 11.4. The molecule has 1 rings (SSSR count). The minimum absolute atomic E-state index is 0.311. The van der Waals surface area contributed by atoms with Gasteiger partial charge in [0.25, 0.3) is 5.91 Å². The Balaban J connectivity index is 2.31. The van der Waals surface area contributed by atoms with E-state index in [4.69, 9.17) is 15.2 Å². The Morgan fingerprint density at radius 3 is 2.43 bits per heavy atom. The Labute approximate surface area is 121 Å². The van der Waals surface area contributed by atoms with Crippen molar-refractivity contribution in [2.24, 2.45) is 5.73 Å². The van der Waals surface area contributed by atoms with Crippen molar-refractivity contribution in [3.8, 4) is 11.5 Å². The van der Waals surface area contributed by atoms with Crippen molar-refractivity contribution in [3.63, 3.8) is 0 Å². The summed E-state index contributed by atoms with van der Waals surface area (Å²) in [5.74, 6) is -1.18. The number of primary amides is 1. The lowest BCUT2D eigenvalue weighted by molar-refractivity contribution is -0.150. The fourth-order valence-corrected chi connectivity index (χ4v) is 1.30. The molecule has 0 aliphatic carbocycles. The first-order valence-corrected chi connectivity index (χ1v) is 5.99. The van der Waals surface area contributed by atoms with E-state index in [2.05, 4.69) is 10.1 Å². The maximum atomic E-state index is 11.4. The number of nitrogens with two attached hydrogens (primary N) is 1. The second-order valence-electron chi connectivity index (χ2n) is 3.84. The zero-order valence-corrected chi connectivity index (χ0v) is 11.5. The molecule has 8 nitrogen and oxygen atoms in total. The SMILES string of the molecule is COc1ccccc1OCC(=O)OCC(=O)NCC(N)=O. The number of para-hydroxylation sites is 2. The van der Waals surface area contributed by atoms with Gasteiger partial charge in [-0.25, -0.2) is 4.79 Å². The first kappa shape index (κ1) is 16.3. The highest BCUT2D eigenvalue weighted by Gasteiger charge is 2.10. The van der Waals surface area contributed by atoms with E-state index < -0.39 is 24.4 Å². The molecule has 0 saturated carbocycles. The van der Waals surface area contributed by atoms with Gasteiger partial charge in [-0.05, 0) is 12.1 Å². The van der Waals surface area contributed by atoms with Crippen LogP contribution in [0.2, 0.25) is 0 Å². The molecule has 8 heteroatoms. The van der Waals surface area contributed by atoms with Crippen LogP contribution in [0.25, 0.3) is 0 Å². The number of hydrogen-bond acceptors (Lipinski definition) is 6. The molecule has 0 aliphatic heterocycles. The number of esters is 1. The molecule has 0 spiro atoms. The van der Waals surface area contributed by atoms with Gasteiger partial charge in [0, 0.05) is 0 Å². The zero-order chi connectivity index (χ0) is 15.7. The third-order valence-electron chi connectivity index (χ3n) is 2.24. The molecule has 3 N–H and O–H groups in total. The number of rotatable bonds is 8. The van der Waals surface area contributed by atoms with E-state index in [1.807, 2.05) is 0 Å².